The maximum Gasteiger partial charge on any atom is 0.477 e. The van der Waals surface area contributed by atoms with Gasteiger partial charge in [-0.3, -0.25) is 4.52 Å². The number of rotatable bonds is 5. The van der Waals surface area contributed by atoms with Crippen LogP contribution in [-0.4, -0.2) is 25.7 Å². The topological polar surface area (TPSA) is 151 Å². The van der Waals surface area contributed by atoms with Crippen molar-refractivity contribution in [2.45, 2.75) is 20.0 Å². The van der Waals surface area contributed by atoms with E-state index in [9.17, 15) is 13.7 Å². The Hall–Kier alpha value is 0.450. The molecule has 0 fully saturated rings. The summed E-state index contributed by atoms with van der Waals surface area (Å²) in [5, 5.41) is 0. The molecule has 12 heteroatoms. The van der Waals surface area contributed by atoms with Gasteiger partial charge >= 0.3 is 22.4 Å². The van der Waals surface area contributed by atoms with Gasteiger partial charge in [0.2, 0.25) is 0 Å². The highest BCUT2D eigenvalue weighted by Gasteiger charge is 2.50. The first-order valence-corrected chi connectivity index (χ1v) is 8.88. The minimum atomic E-state index is -5.45. The highest BCUT2D eigenvalue weighted by molar-refractivity contribution is 8.27. The molecule has 0 aromatic carbocycles. The van der Waals surface area contributed by atoms with Gasteiger partial charge in [0, 0.05) is 0 Å². The van der Waals surface area contributed by atoms with Crippen molar-refractivity contribution in [3.63, 3.8) is 0 Å². The second-order valence-corrected chi connectivity index (χ2v) is 9.55. The first kappa shape index (κ1) is 15.4. The lowest BCUT2D eigenvalue weighted by molar-refractivity contribution is 0.203. The van der Waals surface area contributed by atoms with Crippen LogP contribution in [0.4, 0.5) is 0 Å². The van der Waals surface area contributed by atoms with E-state index in [0.29, 0.717) is 0 Å². The fourth-order valence-electron chi connectivity index (χ4n) is 0.519. The molecule has 9 nitrogen and oxygen atoms in total. The lowest BCUT2D eigenvalue weighted by Gasteiger charge is -2.19. The van der Waals surface area contributed by atoms with E-state index in [2.05, 4.69) is 8.83 Å². The molecule has 2 atom stereocenters. The minimum Gasteiger partial charge on any atom is -0.316 e. The van der Waals surface area contributed by atoms with Crippen LogP contribution in [0.1, 0.15) is 13.8 Å². The lowest BCUT2D eigenvalue weighted by Crippen LogP contribution is -2.01. The van der Waals surface area contributed by atoms with Crippen molar-refractivity contribution in [1.29, 1.82) is 0 Å². The molecule has 0 rings (SSSR count). The molecule has 0 radical (unpaired) electrons. The minimum absolute atomic E-state index is 0.887. The number of hydrogen-bond acceptors (Lipinski definition) is 5. The molecule has 0 heterocycles. The van der Waals surface area contributed by atoms with Gasteiger partial charge in [0.15, 0.2) is 0 Å². The first-order valence-electron chi connectivity index (χ1n) is 3.49. The Kier molecular flexibility index (Phi) is 4.90. The molecule has 2 unspecified atom stereocenters. The van der Waals surface area contributed by atoms with Gasteiger partial charge in [-0.05, 0) is 13.8 Å². The van der Waals surface area contributed by atoms with Crippen LogP contribution in [0, 0.1) is 0 Å². The van der Waals surface area contributed by atoms with Gasteiger partial charge in [0.25, 0.3) is 0 Å². The van der Waals surface area contributed by atoms with E-state index in [1.807, 2.05) is 0 Å². The molecule has 0 aliphatic carbocycles. The normalized spacial score (nSPS) is 21.0. The second-order valence-electron chi connectivity index (χ2n) is 2.71. The molecule has 0 aromatic rings. The Morgan fingerprint density at radius 2 is 1.33 bits per heavy atom. The van der Waals surface area contributed by atoms with Crippen LogP contribution in [0.25, 0.3) is 0 Å². The fourth-order valence-corrected chi connectivity index (χ4v) is 5.27. The van der Waals surface area contributed by atoms with Crippen LogP contribution in [0.3, 0.4) is 0 Å². The van der Waals surface area contributed by atoms with Crippen molar-refractivity contribution >= 4 is 22.4 Å². The van der Waals surface area contributed by atoms with Gasteiger partial charge in [0.05, 0.1) is 6.10 Å². The summed E-state index contributed by atoms with van der Waals surface area (Å²) in [5.41, 5.74) is 0. The molecule has 0 spiro atoms. The molecule has 4 N–H and O–H groups in total. The SMILES string of the molecule is CC(C)OP(=O)(O)P(=O)(O)OP(=O)(O)O. The van der Waals surface area contributed by atoms with E-state index >= 15 is 0 Å². The summed E-state index contributed by atoms with van der Waals surface area (Å²) in [4.78, 5) is 34.2. The highest BCUT2D eigenvalue weighted by atomic mass is 32.1. The molecule has 0 amide bonds. The summed E-state index contributed by atoms with van der Waals surface area (Å²) in [7, 11) is -15.9. The van der Waals surface area contributed by atoms with Crippen molar-refractivity contribution in [2.24, 2.45) is 0 Å². The zero-order chi connectivity index (χ0) is 12.5. The summed E-state index contributed by atoms with van der Waals surface area (Å²) in [5.74, 6) is 0. The van der Waals surface area contributed by atoms with Crippen LogP contribution >= 0.6 is 22.4 Å². The second kappa shape index (κ2) is 4.75. The molecular weight excluding hydrogens is 273 g/mol. The van der Waals surface area contributed by atoms with E-state index in [-0.39, 0.29) is 0 Å². The van der Waals surface area contributed by atoms with Gasteiger partial charge in [-0.15, -0.1) is 0 Å². The molecule has 0 bridgehead atoms. The molecule has 0 saturated heterocycles. The average Bonchev–Trinajstić information content (AvgIpc) is 1.75. The predicted octanol–water partition coefficient (Wildman–Crippen LogP) is 0.806. The highest BCUT2D eigenvalue weighted by Crippen LogP contribution is 2.82. The summed E-state index contributed by atoms with van der Waals surface area (Å²) in [6.45, 7) is 2.58. The third-order valence-corrected chi connectivity index (χ3v) is 6.77. The lowest BCUT2D eigenvalue weighted by atomic mass is 10.5. The van der Waals surface area contributed by atoms with Crippen molar-refractivity contribution in [3.8, 4) is 0 Å². The molecule has 0 aromatic heterocycles. The van der Waals surface area contributed by atoms with Gasteiger partial charge < -0.3 is 19.6 Å². The Labute approximate surface area is 85.2 Å². The Morgan fingerprint density at radius 1 is 0.933 bits per heavy atom. The van der Waals surface area contributed by atoms with Gasteiger partial charge in [0.1, 0.15) is 0 Å². The maximum absolute atomic E-state index is 11.1. The average molecular weight is 284 g/mol. The van der Waals surface area contributed by atoms with Crippen LogP contribution < -0.4 is 0 Å². The zero-order valence-electron chi connectivity index (χ0n) is 7.75. The van der Waals surface area contributed by atoms with Gasteiger partial charge in [-0.25, -0.2) is 13.7 Å². The van der Waals surface area contributed by atoms with Crippen molar-refractivity contribution < 1.29 is 42.1 Å². The van der Waals surface area contributed by atoms with Crippen LogP contribution in [0.5, 0.6) is 0 Å². The van der Waals surface area contributed by atoms with E-state index in [1.165, 1.54) is 13.8 Å². The molecule has 0 aliphatic heterocycles. The Balaban J connectivity index is 4.95. The van der Waals surface area contributed by atoms with Crippen LogP contribution in [-0.2, 0) is 22.5 Å². The van der Waals surface area contributed by atoms with E-state index in [4.69, 9.17) is 19.6 Å². The van der Waals surface area contributed by atoms with E-state index < -0.39 is 28.5 Å². The third kappa shape index (κ3) is 5.36. The summed E-state index contributed by atoms with van der Waals surface area (Å²) in [6, 6.07) is 0. The fraction of sp³-hybridized carbons (Fsp3) is 1.00. The number of hydrogen-bond donors (Lipinski definition) is 4. The zero-order valence-corrected chi connectivity index (χ0v) is 10.4. The van der Waals surface area contributed by atoms with Gasteiger partial charge in [-0.2, -0.15) is 4.31 Å². The third-order valence-electron chi connectivity index (χ3n) is 0.880. The smallest absolute Gasteiger partial charge is 0.316 e. The van der Waals surface area contributed by atoms with Crippen molar-refractivity contribution in [2.75, 3.05) is 0 Å². The summed E-state index contributed by atoms with van der Waals surface area (Å²) >= 11 is 0. The predicted molar refractivity (Wildman–Crippen MR) is 49.0 cm³/mol. The monoisotopic (exact) mass is 284 g/mol. The van der Waals surface area contributed by atoms with Crippen molar-refractivity contribution in [1.82, 2.24) is 0 Å². The molecular formula is C3H11O9P3. The van der Waals surface area contributed by atoms with E-state index in [0.717, 1.165) is 0 Å². The number of phosphoric acid groups is 1. The Morgan fingerprint density at radius 3 is 1.60 bits per heavy atom. The van der Waals surface area contributed by atoms with Crippen LogP contribution in [0.15, 0.2) is 0 Å². The largest absolute Gasteiger partial charge is 0.477 e. The quantitative estimate of drug-likeness (QED) is 0.537. The molecule has 0 aliphatic rings. The molecule has 92 valence electrons. The standard InChI is InChI=1S/C3H11O9P3/c1-3(2)11-14(7,8)15(9,10)12-13(4,5)6/h3H,1-2H3,(H,7,8)(H,9,10)(H2,4,5,6). The van der Waals surface area contributed by atoms with Crippen LogP contribution in [0.2, 0.25) is 0 Å². The molecule has 0 saturated carbocycles. The van der Waals surface area contributed by atoms with E-state index in [1.54, 1.807) is 0 Å². The summed E-state index contributed by atoms with van der Waals surface area (Å²) in [6.07, 6.45) is -0.887. The molecule has 15 heavy (non-hydrogen) atoms. The maximum atomic E-state index is 11.1. The summed E-state index contributed by atoms with van der Waals surface area (Å²) < 4.78 is 39.8. The Bertz CT molecular complexity index is 354. The van der Waals surface area contributed by atoms with Gasteiger partial charge in [-0.1, -0.05) is 0 Å². The first-order chi connectivity index (χ1) is 6.37. The van der Waals surface area contributed by atoms with Crippen molar-refractivity contribution in [3.05, 3.63) is 0 Å².